The first-order valence-electron chi connectivity index (χ1n) is 11.4. The third kappa shape index (κ3) is 4.45. The van der Waals surface area contributed by atoms with Crippen molar-refractivity contribution in [3.8, 4) is 0 Å². The Kier molecular flexibility index (Phi) is 6.21. The molecule has 0 atom stereocenters. The Hall–Kier alpha value is -3.48. The van der Waals surface area contributed by atoms with Gasteiger partial charge in [-0.25, -0.2) is 4.39 Å². The highest BCUT2D eigenvalue weighted by Crippen LogP contribution is 2.51. The lowest BCUT2D eigenvalue weighted by Gasteiger charge is -2.39. The highest BCUT2D eigenvalue weighted by molar-refractivity contribution is 9.10. The van der Waals surface area contributed by atoms with E-state index in [1.807, 2.05) is 0 Å². The molecule has 13 heteroatoms. The molecule has 0 unspecified atom stereocenters. The summed E-state index contributed by atoms with van der Waals surface area (Å²) in [4.78, 5) is 41.8. The Morgan fingerprint density at radius 1 is 1.16 bits per heavy atom. The number of piperidine rings is 1. The number of halogens is 5. The molecular formula is C24H20BrF4N5O3. The van der Waals surface area contributed by atoms with E-state index in [0.717, 1.165) is 21.9 Å². The summed E-state index contributed by atoms with van der Waals surface area (Å²) in [6.45, 7) is -1.80. The van der Waals surface area contributed by atoms with Gasteiger partial charge in [-0.2, -0.15) is 18.3 Å². The van der Waals surface area contributed by atoms with Crippen LogP contribution in [-0.2, 0) is 15.0 Å². The van der Waals surface area contributed by atoms with Gasteiger partial charge in [0.1, 0.15) is 18.9 Å². The van der Waals surface area contributed by atoms with E-state index in [0.29, 0.717) is 11.1 Å². The zero-order valence-electron chi connectivity index (χ0n) is 19.2. The van der Waals surface area contributed by atoms with Gasteiger partial charge in [-0.1, -0.05) is 0 Å². The monoisotopic (exact) mass is 581 g/mol. The number of nitrogens with one attached hydrogen (secondary N) is 2. The number of rotatable bonds is 4. The van der Waals surface area contributed by atoms with Crippen LogP contribution in [0.15, 0.2) is 41.0 Å². The molecule has 1 spiro atoms. The molecule has 3 heterocycles. The number of carbonyl (C=O) groups excluding carboxylic acids is 3. The Morgan fingerprint density at radius 3 is 2.59 bits per heavy atom. The van der Waals surface area contributed by atoms with Crippen molar-refractivity contribution in [3.63, 3.8) is 0 Å². The maximum absolute atomic E-state index is 14.6. The number of aromatic amines is 1. The number of alkyl halides is 3. The molecule has 1 aromatic heterocycles. The Labute approximate surface area is 216 Å². The minimum Gasteiger partial charge on any atom is -0.345 e. The average Bonchev–Trinajstić information content (AvgIpc) is 3.42. The molecule has 2 aliphatic rings. The zero-order valence-corrected chi connectivity index (χ0v) is 20.7. The molecule has 3 amide bonds. The molecule has 0 aliphatic carbocycles. The fourth-order valence-electron chi connectivity index (χ4n) is 5.06. The predicted molar refractivity (Wildman–Crippen MR) is 128 cm³/mol. The van der Waals surface area contributed by atoms with E-state index >= 15 is 0 Å². The van der Waals surface area contributed by atoms with Gasteiger partial charge in [0.05, 0.1) is 21.6 Å². The lowest BCUT2D eigenvalue weighted by Crippen LogP contribution is -2.51. The third-order valence-corrected chi connectivity index (χ3v) is 7.65. The van der Waals surface area contributed by atoms with Crippen LogP contribution in [0.25, 0.3) is 10.9 Å². The molecule has 3 aromatic rings. The molecule has 1 saturated heterocycles. The van der Waals surface area contributed by atoms with Gasteiger partial charge in [-0.3, -0.25) is 19.5 Å². The number of benzene rings is 2. The predicted octanol–water partition coefficient (Wildman–Crippen LogP) is 3.66. The van der Waals surface area contributed by atoms with Crippen molar-refractivity contribution in [2.45, 2.75) is 24.4 Å². The van der Waals surface area contributed by atoms with E-state index in [9.17, 15) is 31.9 Å². The lowest BCUT2D eigenvalue weighted by molar-refractivity contribution is -0.138. The second kappa shape index (κ2) is 9.12. The van der Waals surface area contributed by atoms with Gasteiger partial charge in [0, 0.05) is 35.3 Å². The van der Waals surface area contributed by atoms with Crippen molar-refractivity contribution < 1.29 is 31.9 Å². The van der Waals surface area contributed by atoms with Gasteiger partial charge < -0.3 is 15.1 Å². The van der Waals surface area contributed by atoms with Gasteiger partial charge in [-0.05, 0) is 59.1 Å². The summed E-state index contributed by atoms with van der Waals surface area (Å²) in [5, 5.41) is 9.31. The molecule has 0 saturated carbocycles. The fourth-order valence-corrected chi connectivity index (χ4v) is 5.78. The summed E-state index contributed by atoms with van der Waals surface area (Å²) in [5.41, 5.74) is 0.608. The van der Waals surface area contributed by atoms with Crippen molar-refractivity contribution in [1.29, 1.82) is 0 Å². The normalized spacial score (nSPS) is 16.9. The van der Waals surface area contributed by atoms with Crippen molar-refractivity contribution in [2.24, 2.45) is 0 Å². The van der Waals surface area contributed by atoms with E-state index in [1.54, 1.807) is 34.6 Å². The van der Waals surface area contributed by atoms with E-state index in [-0.39, 0.29) is 42.0 Å². The Balaban J connectivity index is 1.39. The molecular weight excluding hydrogens is 562 g/mol. The molecule has 5 rings (SSSR count). The SMILES string of the molecule is O=C(CN1C(=O)C2(CCN(C(=O)c3ccc4[nH]ncc4c3)CC2)c2c1ccc(F)c2Br)NCC(F)(F)F. The van der Waals surface area contributed by atoms with Crippen molar-refractivity contribution in [1.82, 2.24) is 20.4 Å². The second-order valence-electron chi connectivity index (χ2n) is 9.09. The van der Waals surface area contributed by atoms with E-state index in [4.69, 9.17) is 0 Å². The molecule has 8 nitrogen and oxygen atoms in total. The molecule has 194 valence electrons. The second-order valence-corrected chi connectivity index (χ2v) is 9.88. The number of hydrogen-bond acceptors (Lipinski definition) is 4. The van der Waals surface area contributed by atoms with Gasteiger partial charge in [0.2, 0.25) is 11.8 Å². The van der Waals surface area contributed by atoms with Crippen LogP contribution in [0.3, 0.4) is 0 Å². The quantitative estimate of drug-likeness (QED) is 0.459. The molecule has 2 aromatic carbocycles. The molecule has 0 radical (unpaired) electrons. The summed E-state index contributed by atoms with van der Waals surface area (Å²) in [6, 6.07) is 7.61. The average molecular weight is 582 g/mol. The van der Waals surface area contributed by atoms with Crippen LogP contribution in [0.1, 0.15) is 28.8 Å². The van der Waals surface area contributed by atoms with Crippen LogP contribution in [0.2, 0.25) is 0 Å². The van der Waals surface area contributed by atoms with Gasteiger partial charge in [0.15, 0.2) is 0 Å². The molecule has 0 bridgehead atoms. The topological polar surface area (TPSA) is 98.4 Å². The summed E-state index contributed by atoms with van der Waals surface area (Å²) in [5.74, 6) is -2.34. The number of nitrogens with zero attached hydrogens (tertiary/aromatic N) is 3. The van der Waals surface area contributed by atoms with Crippen LogP contribution in [0.4, 0.5) is 23.2 Å². The smallest absolute Gasteiger partial charge is 0.345 e. The molecule has 1 fully saturated rings. The number of likely N-dealkylation sites (tertiary alicyclic amines) is 1. The number of carbonyl (C=O) groups is 3. The third-order valence-electron chi connectivity index (χ3n) is 6.88. The van der Waals surface area contributed by atoms with Crippen LogP contribution in [-0.4, -0.2) is 65.2 Å². The van der Waals surface area contributed by atoms with E-state index in [1.165, 1.54) is 6.07 Å². The number of anilines is 1. The number of amides is 3. The number of fused-ring (bicyclic) bond motifs is 3. The van der Waals surface area contributed by atoms with E-state index in [2.05, 4.69) is 26.1 Å². The first-order chi connectivity index (χ1) is 17.5. The molecule has 2 N–H and O–H groups in total. The summed E-state index contributed by atoms with van der Waals surface area (Å²) in [6.07, 6.45) is -2.68. The molecule has 2 aliphatic heterocycles. The zero-order chi connectivity index (χ0) is 26.5. The number of H-pyrrole nitrogens is 1. The Morgan fingerprint density at radius 2 is 1.89 bits per heavy atom. The molecule has 37 heavy (non-hydrogen) atoms. The van der Waals surface area contributed by atoms with Crippen LogP contribution in [0, 0.1) is 5.82 Å². The van der Waals surface area contributed by atoms with Crippen molar-refractivity contribution in [2.75, 3.05) is 31.1 Å². The van der Waals surface area contributed by atoms with Gasteiger partial charge >= 0.3 is 6.18 Å². The summed E-state index contributed by atoms with van der Waals surface area (Å²) < 4.78 is 52.2. The van der Waals surface area contributed by atoms with Gasteiger partial charge in [0.25, 0.3) is 5.91 Å². The van der Waals surface area contributed by atoms with Crippen molar-refractivity contribution in [3.05, 3.63) is 57.9 Å². The first kappa shape index (κ1) is 25.2. The first-order valence-corrected chi connectivity index (χ1v) is 12.2. The van der Waals surface area contributed by atoms with Crippen LogP contribution >= 0.6 is 15.9 Å². The van der Waals surface area contributed by atoms with E-state index < -0.39 is 42.3 Å². The van der Waals surface area contributed by atoms with Crippen LogP contribution in [0.5, 0.6) is 0 Å². The number of hydrogen-bond donors (Lipinski definition) is 2. The van der Waals surface area contributed by atoms with Gasteiger partial charge in [-0.15, -0.1) is 0 Å². The largest absolute Gasteiger partial charge is 0.405 e. The maximum Gasteiger partial charge on any atom is 0.405 e. The number of aromatic nitrogens is 2. The minimum absolute atomic E-state index is 0.0572. The summed E-state index contributed by atoms with van der Waals surface area (Å²) >= 11 is 3.23. The highest BCUT2D eigenvalue weighted by atomic mass is 79.9. The lowest BCUT2D eigenvalue weighted by atomic mass is 9.73. The summed E-state index contributed by atoms with van der Waals surface area (Å²) in [7, 11) is 0. The van der Waals surface area contributed by atoms with Crippen LogP contribution < -0.4 is 10.2 Å². The fraction of sp³-hybridized carbons (Fsp3) is 0.333. The maximum atomic E-state index is 14.6. The standard InChI is InChI=1S/C24H20BrF4N5O3/c25-20-15(26)2-4-17-19(20)23(22(37)34(17)11-18(35)30-12-24(27,28)29)5-7-33(8-6-23)21(36)13-1-3-16-14(9-13)10-31-32-16/h1-4,9-10H,5-8,11-12H2,(H,30,35)(H,31,32). The highest BCUT2D eigenvalue weighted by Gasteiger charge is 2.54. The Bertz CT molecular complexity index is 1420. The minimum atomic E-state index is -4.60. The van der Waals surface area contributed by atoms with Crippen molar-refractivity contribution >= 4 is 50.2 Å².